The zero-order chi connectivity index (χ0) is 78.1. The standard InChI is InChI=1S/C62H107NO43/c1-16-20(5)91-27(12-69)46(33(16)75)99-55-18(3)34(76)47(28(13-70)96-55)100-57-44(86)50(41(83)30(98-57)15-90-59-52(42(84)38(80)24(9-66)94-59)103-54-17(2)32(74)37(79)23(8-65)92-54)102-60-53(43(85)39(81)25(10-67)95-60)104-56-19(4)35(77)48(29(14-71)97-56)101-58-45(87)51(40(82)26(11-68)93-58)106-62(61(88)89)6-21(72)31(63)49(105-62)36(78)22(73)7-64/h16-60,64-87H,6-15,63H2,1-5H3,(H,88,89)/t16-,17?,18+,19+,20+,21-,22?,23+,24?,25-,26?,27?,28?,29?,30?,31-,32?,33?,34?,35?,36?,37-,38-,39-,40+,41-,42?,43?,44-,45+,46-,47-,48-,49?,50?,51?,52-,53?,54+,55+,56+,57+,58+,59+,60-,62+/m1/s1. The van der Waals surface area contributed by atoms with Crippen LogP contribution >= 0.6 is 0 Å². The van der Waals surface area contributed by atoms with Crippen molar-refractivity contribution in [3.8, 4) is 0 Å². The van der Waals surface area contributed by atoms with Crippen LogP contribution in [0.15, 0.2) is 0 Å². The lowest BCUT2D eigenvalue weighted by molar-refractivity contribution is -0.404. The largest absolute Gasteiger partial charge is 0.477 e. The van der Waals surface area contributed by atoms with Crippen LogP contribution < -0.4 is 5.73 Å². The summed E-state index contributed by atoms with van der Waals surface area (Å²) >= 11 is 0. The summed E-state index contributed by atoms with van der Waals surface area (Å²) in [4.78, 5) is 13.0. The first kappa shape index (κ1) is 87.8. The molecule has 0 spiro atoms. The zero-order valence-electron chi connectivity index (χ0n) is 58.2. The number of rotatable bonds is 28. The molecular weight excluding hydrogens is 1450 g/mol. The molecule has 9 aliphatic rings. The molecule has 618 valence electrons. The highest BCUT2D eigenvalue weighted by atomic mass is 16.8. The second-order valence-electron chi connectivity index (χ2n) is 28.5. The van der Waals surface area contributed by atoms with E-state index in [9.17, 15) is 132 Å². The molecule has 9 heterocycles. The van der Waals surface area contributed by atoms with E-state index in [2.05, 4.69) is 0 Å². The van der Waals surface area contributed by atoms with Crippen molar-refractivity contribution in [2.75, 3.05) is 59.5 Å². The van der Waals surface area contributed by atoms with Gasteiger partial charge in [-0.2, -0.15) is 0 Å². The van der Waals surface area contributed by atoms with E-state index in [4.69, 9.17) is 86.3 Å². The Morgan fingerprint density at radius 1 is 0.387 bits per heavy atom. The highest BCUT2D eigenvalue weighted by Gasteiger charge is 2.62. The fraction of sp³-hybridized carbons (Fsp3) is 0.984. The first-order valence-electron chi connectivity index (χ1n) is 35.0. The summed E-state index contributed by atoms with van der Waals surface area (Å²) < 4.78 is 102. The smallest absolute Gasteiger partial charge is 0.364 e. The van der Waals surface area contributed by atoms with Crippen molar-refractivity contribution in [3.05, 3.63) is 0 Å². The topological polar surface area (TPSA) is 706 Å². The van der Waals surface area contributed by atoms with Crippen LogP contribution in [0.3, 0.4) is 0 Å². The number of hydrogen-bond acceptors (Lipinski definition) is 43. The lowest BCUT2D eigenvalue weighted by Crippen LogP contribution is -2.70. The van der Waals surface area contributed by atoms with Gasteiger partial charge in [0.05, 0.1) is 102 Å². The molecule has 9 rings (SSSR count). The Labute approximate surface area is 604 Å². The predicted octanol–water partition coefficient (Wildman–Crippen LogP) is -15.3. The van der Waals surface area contributed by atoms with Crippen LogP contribution in [0, 0.1) is 23.7 Å². The van der Waals surface area contributed by atoms with Crippen LogP contribution in [-0.2, 0) is 85.3 Å². The molecule has 106 heavy (non-hydrogen) atoms. The number of hydrogen-bond donors (Lipinski definition) is 26. The first-order chi connectivity index (χ1) is 50.1. The van der Waals surface area contributed by atoms with E-state index in [1.165, 1.54) is 20.8 Å². The maximum absolute atomic E-state index is 13.0. The zero-order valence-corrected chi connectivity index (χ0v) is 58.2. The van der Waals surface area contributed by atoms with Crippen molar-refractivity contribution < 1.29 is 213 Å². The molecule has 9 fully saturated rings. The average molecular weight is 1550 g/mol. The van der Waals surface area contributed by atoms with Gasteiger partial charge in [-0.3, -0.25) is 0 Å². The van der Waals surface area contributed by atoms with Crippen molar-refractivity contribution in [2.24, 2.45) is 29.4 Å². The normalized spacial score (nSPS) is 51.9. The van der Waals surface area contributed by atoms with Crippen LogP contribution in [0.2, 0.25) is 0 Å². The summed E-state index contributed by atoms with van der Waals surface area (Å²) in [5, 5.41) is 276. The van der Waals surface area contributed by atoms with Crippen LogP contribution in [-0.4, -0.2) is 450 Å². The van der Waals surface area contributed by atoms with Gasteiger partial charge in [-0.05, 0) is 6.92 Å². The van der Waals surface area contributed by atoms with Gasteiger partial charge >= 0.3 is 5.97 Å². The minimum Gasteiger partial charge on any atom is -0.477 e. The van der Waals surface area contributed by atoms with Gasteiger partial charge in [-0.15, -0.1) is 0 Å². The number of carboxylic acid groups (broad SMARTS) is 1. The van der Waals surface area contributed by atoms with E-state index in [-0.39, 0.29) is 0 Å². The third-order valence-corrected chi connectivity index (χ3v) is 21.5. The summed E-state index contributed by atoms with van der Waals surface area (Å²) in [6.45, 7) is -1.41. The molecule has 0 radical (unpaired) electrons. The molecule has 19 unspecified atom stereocenters. The van der Waals surface area contributed by atoms with Crippen LogP contribution in [0.5, 0.6) is 0 Å². The quantitative estimate of drug-likeness (QED) is 0.0346. The Morgan fingerprint density at radius 3 is 1.21 bits per heavy atom. The van der Waals surface area contributed by atoms with E-state index < -0.39 is 353 Å². The third-order valence-electron chi connectivity index (χ3n) is 21.5. The molecule has 0 bridgehead atoms. The molecule has 0 aromatic rings. The van der Waals surface area contributed by atoms with Gasteiger partial charge in [0.2, 0.25) is 0 Å². The summed E-state index contributed by atoms with van der Waals surface area (Å²) in [5.74, 6) is -9.48. The van der Waals surface area contributed by atoms with Crippen molar-refractivity contribution in [2.45, 2.75) is 298 Å². The lowest BCUT2D eigenvalue weighted by Gasteiger charge is -2.51. The van der Waals surface area contributed by atoms with Gasteiger partial charge in [0, 0.05) is 30.1 Å². The molecule has 0 aromatic carbocycles. The van der Waals surface area contributed by atoms with E-state index in [0.29, 0.717) is 0 Å². The number of carbonyl (C=O) groups is 1. The SMILES string of the molecule is CC1C(O)[C@H](O)[C@H](CO)O[C@H]1O[C@@H]1C(O)[C@H](O)C(CO)O[C@@H]1OCC1O[C@@H](O[C@@H]2C(CO)O[C@@H](O[C@@H]3C(CO)O[C@@H](C)[C@@H](C)C3O)[C@@H](C)C2O)[C@H](O)C(O[C@H]2O[C@H](CO)[C@@H](O)C(O)C2O[C@@H]2OC(CO)[C@@H](O[C@@H]3OC(CO)[C@H](O)C(O[C@]4(C(=O)O)C[C@@H](O)[C@@H](N)C(C(O)C(O)CO)O4)[C@@H]3O)C(O)[C@@H]2C)[C@@H]1O. The van der Waals surface area contributed by atoms with Gasteiger partial charge in [0.1, 0.15) is 165 Å². The van der Waals surface area contributed by atoms with E-state index in [1.807, 2.05) is 0 Å². The summed E-state index contributed by atoms with van der Waals surface area (Å²) in [5.41, 5.74) is 5.99. The first-order valence-corrected chi connectivity index (χ1v) is 35.0. The van der Waals surface area contributed by atoms with Gasteiger partial charge in [0.25, 0.3) is 5.79 Å². The molecular formula is C62H107NO43. The van der Waals surface area contributed by atoms with E-state index in [1.54, 1.807) is 13.8 Å². The number of aliphatic carboxylic acids is 1. The van der Waals surface area contributed by atoms with Crippen molar-refractivity contribution in [1.82, 2.24) is 0 Å². The van der Waals surface area contributed by atoms with Crippen molar-refractivity contribution in [3.63, 3.8) is 0 Å². The fourth-order valence-corrected chi connectivity index (χ4v) is 14.5. The molecule has 46 atom stereocenters. The second-order valence-corrected chi connectivity index (χ2v) is 28.5. The van der Waals surface area contributed by atoms with Crippen LogP contribution in [0.1, 0.15) is 41.0 Å². The van der Waals surface area contributed by atoms with E-state index >= 15 is 0 Å². The summed E-state index contributed by atoms with van der Waals surface area (Å²) in [6.07, 6.45) is -75.4. The molecule has 0 aliphatic carbocycles. The Bertz CT molecular complexity index is 2690. The third kappa shape index (κ3) is 18.0. The number of aliphatic hydroxyl groups is 24. The minimum absolute atomic E-state index is 0.532. The maximum Gasteiger partial charge on any atom is 0.364 e. The molecule has 27 N–H and O–H groups in total. The van der Waals surface area contributed by atoms with Crippen LogP contribution in [0.25, 0.3) is 0 Å². The van der Waals surface area contributed by atoms with Crippen molar-refractivity contribution in [1.29, 1.82) is 0 Å². The highest BCUT2D eigenvalue weighted by molar-refractivity contribution is 5.76. The molecule has 9 aliphatic heterocycles. The molecule has 0 saturated carbocycles. The number of nitrogens with two attached hydrogens (primary N) is 1. The fourth-order valence-electron chi connectivity index (χ4n) is 14.5. The van der Waals surface area contributed by atoms with Gasteiger partial charge < -0.3 is 214 Å². The molecule has 44 heteroatoms. The highest BCUT2D eigenvalue weighted by Crippen LogP contribution is 2.43. The average Bonchev–Trinajstić information content (AvgIpc) is 0.778. The molecule has 9 saturated heterocycles. The van der Waals surface area contributed by atoms with Gasteiger partial charge in [-0.1, -0.05) is 27.7 Å². The molecule has 0 amide bonds. The minimum atomic E-state index is -3.14. The Morgan fingerprint density at radius 2 is 0.736 bits per heavy atom. The summed E-state index contributed by atoms with van der Waals surface area (Å²) in [7, 11) is 0. The predicted molar refractivity (Wildman–Crippen MR) is 332 cm³/mol. The number of carboxylic acids is 1. The summed E-state index contributed by atoms with van der Waals surface area (Å²) in [6, 6.07) is -1.63. The van der Waals surface area contributed by atoms with Crippen molar-refractivity contribution >= 4 is 5.97 Å². The Kier molecular flexibility index (Phi) is 30.9. The lowest BCUT2D eigenvalue weighted by atomic mass is 9.88. The Hall–Kier alpha value is -2.21. The number of aliphatic hydroxyl groups excluding tert-OH is 24. The monoisotopic (exact) mass is 1550 g/mol. The molecule has 44 nitrogen and oxygen atoms in total. The number of ether oxygens (including phenoxy) is 17. The van der Waals surface area contributed by atoms with Gasteiger partial charge in [0.15, 0.2) is 44.0 Å². The van der Waals surface area contributed by atoms with Gasteiger partial charge in [-0.25, -0.2) is 4.79 Å². The van der Waals surface area contributed by atoms with E-state index in [0.717, 1.165) is 0 Å². The maximum atomic E-state index is 13.0. The van der Waals surface area contributed by atoms with Crippen LogP contribution in [0.4, 0.5) is 0 Å². The molecule has 0 aromatic heterocycles. The second kappa shape index (κ2) is 37.4. The Balaban J connectivity index is 0.981.